The highest BCUT2D eigenvalue weighted by atomic mass is 16.5. The van der Waals surface area contributed by atoms with Crippen LogP contribution in [0.25, 0.3) is 22.8 Å². The molecule has 0 aliphatic heterocycles. The molecule has 0 bridgehead atoms. The molecule has 0 aliphatic carbocycles. The number of esters is 2. The van der Waals surface area contributed by atoms with Crippen LogP contribution in [0, 0.1) is 0 Å². The highest BCUT2D eigenvalue weighted by Gasteiger charge is 2.11. The fourth-order valence-corrected chi connectivity index (χ4v) is 3.41. The lowest BCUT2D eigenvalue weighted by Gasteiger charge is -2.05. The van der Waals surface area contributed by atoms with E-state index in [1.165, 1.54) is 6.26 Å². The van der Waals surface area contributed by atoms with Crippen molar-refractivity contribution < 1.29 is 23.5 Å². The first-order valence-electron chi connectivity index (χ1n) is 12.1. The number of tetrazole rings is 2. The van der Waals surface area contributed by atoms with Gasteiger partial charge in [0, 0.05) is 29.1 Å². The molecule has 0 atom stereocenters. The number of carbonyl (C=O) groups excluding carboxylic acids is 2. The molecule has 4 aromatic heterocycles. The summed E-state index contributed by atoms with van der Waals surface area (Å²) in [5, 5.41) is 27.2. The molecule has 4 heterocycles. The number of nitrogens with one attached hydrogen (secondary N) is 2. The Kier molecular flexibility index (Phi) is 8.51. The lowest BCUT2D eigenvalue weighted by atomic mass is 10.1. The van der Waals surface area contributed by atoms with Crippen LogP contribution in [0.3, 0.4) is 0 Å². The van der Waals surface area contributed by atoms with Crippen LogP contribution in [-0.2, 0) is 22.7 Å². The van der Waals surface area contributed by atoms with E-state index in [1.54, 1.807) is 79.1 Å². The van der Waals surface area contributed by atoms with Crippen molar-refractivity contribution in [2.45, 2.75) is 13.2 Å². The van der Waals surface area contributed by atoms with E-state index in [1.807, 2.05) is 6.07 Å². The van der Waals surface area contributed by atoms with Crippen LogP contribution in [0.4, 0.5) is 0 Å². The number of benzene rings is 2. The molecule has 14 heteroatoms. The van der Waals surface area contributed by atoms with Gasteiger partial charge in [0.15, 0.2) is 0 Å². The zero-order chi connectivity index (χ0) is 28.3. The zero-order valence-electron chi connectivity index (χ0n) is 21.2. The van der Waals surface area contributed by atoms with Crippen LogP contribution in [0.15, 0.2) is 95.9 Å². The Hall–Kier alpha value is -6.05. The van der Waals surface area contributed by atoms with Gasteiger partial charge in [-0.2, -0.15) is 10.4 Å². The first-order chi connectivity index (χ1) is 20.2. The molecule has 2 aromatic carbocycles. The summed E-state index contributed by atoms with van der Waals surface area (Å²) in [6.07, 6.45) is 4.86. The highest BCUT2D eigenvalue weighted by Crippen LogP contribution is 2.16. The standard InChI is InChI=1S/C14H11N5O2.C13H10N4O3/c20-14(21-9-10-2-1-7-15-8-10)12-5-3-11(4-6-12)13-16-18-19-17-13;18-13(20-8-11-2-1-7-19-11)10-5-3-9(4-6-10)12-14-16-17-15-12/h1-8H,9H2,(H,16,17,18,19);1-7H,8H2,(H,14,15,16,17). The number of pyridine rings is 1. The van der Waals surface area contributed by atoms with E-state index in [0.717, 1.165) is 16.7 Å². The van der Waals surface area contributed by atoms with E-state index in [9.17, 15) is 9.59 Å². The maximum atomic E-state index is 11.9. The molecule has 0 saturated heterocycles. The quantitative estimate of drug-likeness (QED) is 0.263. The monoisotopic (exact) mass is 551 g/mol. The molecule has 14 nitrogen and oxygen atoms in total. The summed E-state index contributed by atoms with van der Waals surface area (Å²) in [7, 11) is 0. The Bertz CT molecular complexity index is 1640. The second-order valence-electron chi connectivity index (χ2n) is 8.22. The van der Waals surface area contributed by atoms with Crippen LogP contribution >= 0.6 is 0 Å². The normalized spacial score (nSPS) is 10.3. The Labute approximate surface area is 231 Å². The van der Waals surface area contributed by atoms with Crippen LogP contribution < -0.4 is 0 Å². The lowest BCUT2D eigenvalue weighted by Crippen LogP contribution is -2.05. The van der Waals surface area contributed by atoms with E-state index in [0.29, 0.717) is 28.5 Å². The first kappa shape index (κ1) is 26.6. The van der Waals surface area contributed by atoms with Crippen molar-refractivity contribution in [1.29, 1.82) is 0 Å². The van der Waals surface area contributed by atoms with Crippen LogP contribution in [0.1, 0.15) is 32.0 Å². The largest absolute Gasteiger partial charge is 0.466 e. The molecule has 6 rings (SSSR count). The Morgan fingerprint density at radius 1 is 0.707 bits per heavy atom. The molecule has 0 unspecified atom stereocenters. The zero-order valence-corrected chi connectivity index (χ0v) is 21.2. The summed E-state index contributed by atoms with van der Waals surface area (Å²) in [4.78, 5) is 27.7. The number of aromatic nitrogens is 9. The van der Waals surface area contributed by atoms with Gasteiger partial charge in [-0.15, -0.1) is 20.4 Å². The molecular formula is C27H21N9O5. The Morgan fingerprint density at radius 2 is 1.29 bits per heavy atom. The van der Waals surface area contributed by atoms with Gasteiger partial charge >= 0.3 is 11.9 Å². The third-order valence-electron chi connectivity index (χ3n) is 5.47. The predicted octanol–water partition coefficient (Wildman–Crippen LogP) is 3.44. The number of rotatable bonds is 8. The van der Waals surface area contributed by atoms with Gasteiger partial charge in [0.1, 0.15) is 19.0 Å². The van der Waals surface area contributed by atoms with Gasteiger partial charge in [-0.05, 0) is 52.9 Å². The summed E-state index contributed by atoms with van der Waals surface area (Å²) in [6.45, 7) is 0.303. The van der Waals surface area contributed by atoms with Crippen LogP contribution in [-0.4, -0.2) is 58.2 Å². The number of aromatic amines is 2. The SMILES string of the molecule is O=C(OCc1cccnc1)c1ccc(-c2nn[nH]n2)cc1.O=C(OCc1ccco1)c1ccc(-c2nn[nH]n2)cc1. The molecule has 0 radical (unpaired) electrons. The molecular weight excluding hydrogens is 530 g/mol. The van der Waals surface area contributed by atoms with Crippen molar-refractivity contribution in [3.63, 3.8) is 0 Å². The highest BCUT2D eigenvalue weighted by molar-refractivity contribution is 5.90. The number of ether oxygens (including phenoxy) is 2. The lowest BCUT2D eigenvalue weighted by molar-refractivity contribution is 0.0443. The van der Waals surface area contributed by atoms with Crippen molar-refractivity contribution in [2.24, 2.45) is 0 Å². The number of H-pyrrole nitrogens is 2. The molecule has 6 aromatic rings. The van der Waals surface area contributed by atoms with Crippen molar-refractivity contribution >= 4 is 11.9 Å². The predicted molar refractivity (Wildman–Crippen MR) is 140 cm³/mol. The summed E-state index contributed by atoms with van der Waals surface area (Å²) in [5.41, 5.74) is 3.29. The van der Waals surface area contributed by atoms with Gasteiger partial charge in [0.05, 0.1) is 17.4 Å². The topological polar surface area (TPSA) is 188 Å². The summed E-state index contributed by atoms with van der Waals surface area (Å²) in [5.74, 6) is 0.743. The van der Waals surface area contributed by atoms with Gasteiger partial charge in [-0.25, -0.2) is 9.59 Å². The second-order valence-corrected chi connectivity index (χ2v) is 8.22. The van der Waals surface area contributed by atoms with Crippen LogP contribution in [0.5, 0.6) is 0 Å². The fourth-order valence-electron chi connectivity index (χ4n) is 3.41. The molecule has 0 fully saturated rings. The number of hydrogen-bond acceptors (Lipinski definition) is 12. The van der Waals surface area contributed by atoms with Crippen molar-refractivity contribution in [3.05, 3.63) is 114 Å². The number of hydrogen-bond donors (Lipinski definition) is 2. The third-order valence-corrected chi connectivity index (χ3v) is 5.47. The second kappa shape index (κ2) is 13.1. The molecule has 0 spiro atoms. The molecule has 0 amide bonds. The van der Waals surface area contributed by atoms with E-state index < -0.39 is 11.9 Å². The van der Waals surface area contributed by atoms with Crippen LogP contribution in [0.2, 0.25) is 0 Å². The number of carbonyl (C=O) groups is 2. The maximum absolute atomic E-state index is 11.9. The summed E-state index contributed by atoms with van der Waals surface area (Å²) < 4.78 is 15.4. The molecule has 2 N–H and O–H groups in total. The van der Waals surface area contributed by atoms with Gasteiger partial charge in [-0.1, -0.05) is 30.3 Å². The van der Waals surface area contributed by atoms with Crippen molar-refractivity contribution in [2.75, 3.05) is 0 Å². The van der Waals surface area contributed by atoms with Gasteiger partial charge in [0.25, 0.3) is 0 Å². The number of nitrogens with zero attached hydrogens (tertiary/aromatic N) is 7. The summed E-state index contributed by atoms with van der Waals surface area (Å²) in [6, 6.07) is 20.7. The number of furan rings is 1. The third kappa shape index (κ3) is 7.29. The molecule has 0 saturated carbocycles. The Balaban J connectivity index is 0.000000165. The van der Waals surface area contributed by atoms with E-state index >= 15 is 0 Å². The van der Waals surface area contributed by atoms with E-state index in [-0.39, 0.29) is 13.2 Å². The first-order valence-corrected chi connectivity index (χ1v) is 12.1. The minimum Gasteiger partial charge on any atom is -0.466 e. The van der Waals surface area contributed by atoms with E-state index in [4.69, 9.17) is 13.9 Å². The van der Waals surface area contributed by atoms with Gasteiger partial charge in [-0.3, -0.25) is 4.98 Å². The van der Waals surface area contributed by atoms with E-state index in [2.05, 4.69) is 46.2 Å². The smallest absolute Gasteiger partial charge is 0.338 e. The minimum absolute atomic E-state index is 0.110. The average molecular weight is 552 g/mol. The van der Waals surface area contributed by atoms with Gasteiger partial charge < -0.3 is 13.9 Å². The fraction of sp³-hybridized carbons (Fsp3) is 0.0741. The van der Waals surface area contributed by atoms with Crippen molar-refractivity contribution in [1.82, 2.24) is 46.2 Å². The van der Waals surface area contributed by atoms with Gasteiger partial charge in [0.2, 0.25) is 11.6 Å². The average Bonchev–Trinajstić information content (AvgIpc) is 3.84. The van der Waals surface area contributed by atoms with Crippen molar-refractivity contribution in [3.8, 4) is 22.8 Å². The maximum Gasteiger partial charge on any atom is 0.338 e. The minimum atomic E-state index is -0.416. The summed E-state index contributed by atoms with van der Waals surface area (Å²) >= 11 is 0. The molecule has 0 aliphatic rings. The molecule has 204 valence electrons. The molecule has 41 heavy (non-hydrogen) atoms. The Morgan fingerprint density at radius 3 is 1.76 bits per heavy atom.